The Morgan fingerprint density at radius 2 is 2.33 bits per heavy atom. The molecule has 4 heteroatoms. The van der Waals surface area contributed by atoms with Crippen LogP contribution in [0.25, 0.3) is 0 Å². The van der Waals surface area contributed by atoms with Gasteiger partial charge in [-0.15, -0.1) is 0 Å². The van der Waals surface area contributed by atoms with Crippen LogP contribution in [-0.4, -0.2) is 17.0 Å². The van der Waals surface area contributed by atoms with Crippen LogP contribution in [0.5, 0.6) is 0 Å². The maximum atomic E-state index is 13.0. The molecular weight excluding hydrogens is 277 g/mol. The number of hydrogen-bond acceptors (Lipinski definition) is 2. The maximum Gasteiger partial charge on any atom is 0.137 e. The first-order chi connectivity index (χ1) is 7.15. The summed E-state index contributed by atoms with van der Waals surface area (Å²) >= 11 is 5.17. The van der Waals surface area contributed by atoms with Crippen LogP contribution in [0.4, 0.5) is 10.1 Å². The lowest BCUT2D eigenvalue weighted by Crippen LogP contribution is -2.18. The zero-order chi connectivity index (χ0) is 10.8. The number of halogens is 2. The minimum atomic E-state index is -0.213. The molecule has 0 bridgehead atoms. The van der Waals surface area contributed by atoms with Crippen LogP contribution in [0.2, 0.25) is 0 Å². The van der Waals surface area contributed by atoms with E-state index in [-0.39, 0.29) is 5.82 Å². The Balaban J connectivity index is 2.02. The molecule has 1 fully saturated rings. The van der Waals surface area contributed by atoms with Crippen molar-refractivity contribution in [3.05, 3.63) is 28.5 Å². The van der Waals surface area contributed by atoms with Gasteiger partial charge < -0.3 is 5.32 Å². The maximum absolute atomic E-state index is 13.0. The van der Waals surface area contributed by atoms with Gasteiger partial charge in [-0.2, -0.15) is 11.8 Å². The monoisotopic (exact) mass is 289 g/mol. The lowest BCUT2D eigenvalue weighted by molar-refractivity contribution is 0.621. The molecule has 1 nitrogen and oxygen atoms in total. The Kier molecular flexibility index (Phi) is 3.57. The molecule has 1 heterocycles. The summed E-state index contributed by atoms with van der Waals surface area (Å²) in [4.78, 5) is 0. The molecule has 0 radical (unpaired) electrons. The number of benzene rings is 1. The van der Waals surface area contributed by atoms with Crippen molar-refractivity contribution in [1.82, 2.24) is 0 Å². The molecule has 82 valence electrons. The molecule has 0 saturated carbocycles. The van der Waals surface area contributed by atoms with E-state index in [4.69, 9.17) is 0 Å². The highest BCUT2D eigenvalue weighted by atomic mass is 79.9. The Labute approximate surface area is 102 Å². The summed E-state index contributed by atoms with van der Waals surface area (Å²) in [6.07, 6.45) is 1.18. The molecule has 1 saturated heterocycles. The first-order valence-corrected chi connectivity index (χ1v) is 6.82. The average Bonchev–Trinajstić information content (AvgIpc) is 2.58. The molecule has 2 unspecified atom stereocenters. The highest BCUT2D eigenvalue weighted by Gasteiger charge is 2.21. The number of hydrogen-bond donors (Lipinski definition) is 1. The highest BCUT2D eigenvalue weighted by molar-refractivity contribution is 9.10. The Hall–Kier alpha value is -0.220. The molecule has 2 rings (SSSR count). The number of rotatable bonds is 2. The smallest absolute Gasteiger partial charge is 0.137 e. The van der Waals surface area contributed by atoms with Crippen molar-refractivity contribution in [3.8, 4) is 0 Å². The van der Waals surface area contributed by atoms with Crippen LogP contribution in [0.1, 0.15) is 13.3 Å². The second-order valence-electron chi connectivity index (χ2n) is 3.85. The zero-order valence-electron chi connectivity index (χ0n) is 8.47. The van der Waals surface area contributed by atoms with E-state index < -0.39 is 0 Å². The second-order valence-corrected chi connectivity index (χ2v) is 6.18. The number of thioether (sulfide) groups is 1. The molecular formula is C11H13BrFNS. The van der Waals surface area contributed by atoms with Crippen molar-refractivity contribution >= 4 is 33.4 Å². The van der Waals surface area contributed by atoms with Gasteiger partial charge in [-0.05, 0) is 40.5 Å². The number of nitrogens with one attached hydrogen (secondary N) is 1. The Morgan fingerprint density at radius 3 is 2.93 bits per heavy atom. The summed E-state index contributed by atoms with van der Waals surface area (Å²) < 4.78 is 13.5. The molecule has 1 aromatic carbocycles. The van der Waals surface area contributed by atoms with Crippen molar-refractivity contribution < 1.29 is 4.39 Å². The largest absolute Gasteiger partial charge is 0.381 e. The van der Waals surface area contributed by atoms with Crippen LogP contribution in [0.3, 0.4) is 0 Å². The van der Waals surface area contributed by atoms with Gasteiger partial charge in [0, 0.05) is 22.7 Å². The molecule has 0 spiro atoms. The standard InChI is InChI=1S/C11H13BrFNS/c1-7-4-9(6-15-7)14-8-2-3-11(13)10(12)5-8/h2-3,5,7,9,14H,4,6H2,1H3. The van der Waals surface area contributed by atoms with E-state index in [0.29, 0.717) is 10.5 Å². The highest BCUT2D eigenvalue weighted by Crippen LogP contribution is 2.29. The van der Waals surface area contributed by atoms with Crippen molar-refractivity contribution in [2.24, 2.45) is 0 Å². The van der Waals surface area contributed by atoms with Crippen molar-refractivity contribution in [1.29, 1.82) is 0 Å². The summed E-state index contributed by atoms with van der Waals surface area (Å²) in [5, 5.41) is 4.15. The third-order valence-corrected chi connectivity index (χ3v) is 4.45. The third kappa shape index (κ3) is 2.88. The molecule has 1 aromatic rings. The second kappa shape index (κ2) is 4.74. The van der Waals surface area contributed by atoms with Gasteiger partial charge in [-0.25, -0.2) is 4.39 Å². The molecule has 0 amide bonds. The van der Waals surface area contributed by atoms with E-state index in [1.54, 1.807) is 12.1 Å². The normalized spacial score (nSPS) is 25.5. The van der Waals surface area contributed by atoms with Crippen molar-refractivity contribution in [2.75, 3.05) is 11.1 Å². The summed E-state index contributed by atoms with van der Waals surface area (Å²) in [7, 11) is 0. The van der Waals surface area contributed by atoms with E-state index in [0.717, 1.165) is 16.7 Å². The first-order valence-electron chi connectivity index (χ1n) is 4.98. The van der Waals surface area contributed by atoms with E-state index in [9.17, 15) is 4.39 Å². The molecule has 0 aliphatic carbocycles. The van der Waals surface area contributed by atoms with E-state index in [1.165, 1.54) is 12.5 Å². The molecule has 15 heavy (non-hydrogen) atoms. The van der Waals surface area contributed by atoms with Gasteiger partial charge in [0.1, 0.15) is 5.82 Å². The van der Waals surface area contributed by atoms with Crippen LogP contribution >= 0.6 is 27.7 Å². The Bertz CT molecular complexity index is 358. The van der Waals surface area contributed by atoms with Gasteiger partial charge in [-0.3, -0.25) is 0 Å². The molecule has 0 aromatic heterocycles. The van der Waals surface area contributed by atoms with Crippen LogP contribution in [0.15, 0.2) is 22.7 Å². The van der Waals surface area contributed by atoms with Crippen molar-refractivity contribution in [2.45, 2.75) is 24.6 Å². The topological polar surface area (TPSA) is 12.0 Å². The van der Waals surface area contributed by atoms with Gasteiger partial charge in [0.05, 0.1) is 4.47 Å². The van der Waals surface area contributed by atoms with E-state index >= 15 is 0 Å². The fourth-order valence-corrected chi connectivity index (χ4v) is 3.27. The van der Waals surface area contributed by atoms with Gasteiger partial charge in [0.15, 0.2) is 0 Å². The third-order valence-electron chi connectivity index (χ3n) is 2.49. The van der Waals surface area contributed by atoms with Crippen LogP contribution < -0.4 is 5.32 Å². The van der Waals surface area contributed by atoms with Gasteiger partial charge in [-0.1, -0.05) is 6.92 Å². The molecule has 2 atom stereocenters. The zero-order valence-corrected chi connectivity index (χ0v) is 10.9. The predicted molar refractivity (Wildman–Crippen MR) is 68.0 cm³/mol. The van der Waals surface area contributed by atoms with Gasteiger partial charge in [0.25, 0.3) is 0 Å². The minimum Gasteiger partial charge on any atom is -0.381 e. The van der Waals surface area contributed by atoms with Gasteiger partial charge >= 0.3 is 0 Å². The van der Waals surface area contributed by atoms with E-state index in [2.05, 4.69) is 28.2 Å². The number of anilines is 1. The van der Waals surface area contributed by atoms with E-state index in [1.807, 2.05) is 11.8 Å². The lowest BCUT2D eigenvalue weighted by atomic mass is 10.2. The molecule has 1 aliphatic heterocycles. The van der Waals surface area contributed by atoms with Crippen LogP contribution in [-0.2, 0) is 0 Å². The fraction of sp³-hybridized carbons (Fsp3) is 0.455. The first kappa shape index (κ1) is 11.3. The molecule has 1 N–H and O–H groups in total. The predicted octanol–water partition coefficient (Wildman–Crippen LogP) is 3.89. The lowest BCUT2D eigenvalue weighted by Gasteiger charge is -2.13. The minimum absolute atomic E-state index is 0.213. The average molecular weight is 290 g/mol. The summed E-state index contributed by atoms with van der Waals surface area (Å²) in [5.41, 5.74) is 0.989. The summed E-state index contributed by atoms with van der Waals surface area (Å²) in [6.45, 7) is 2.24. The summed E-state index contributed by atoms with van der Waals surface area (Å²) in [5.74, 6) is 0.922. The summed E-state index contributed by atoms with van der Waals surface area (Å²) in [6, 6.07) is 5.58. The Morgan fingerprint density at radius 1 is 1.53 bits per heavy atom. The molecule has 1 aliphatic rings. The SMILES string of the molecule is CC1CC(Nc2ccc(F)c(Br)c2)CS1. The fourth-order valence-electron chi connectivity index (χ4n) is 1.74. The van der Waals surface area contributed by atoms with Crippen molar-refractivity contribution in [3.63, 3.8) is 0 Å². The quantitative estimate of drug-likeness (QED) is 0.886. The van der Waals surface area contributed by atoms with Crippen LogP contribution in [0, 0.1) is 5.82 Å². The van der Waals surface area contributed by atoms with Gasteiger partial charge in [0.2, 0.25) is 0 Å².